The minimum Gasteiger partial charge on any atom is -0.392 e. The van der Waals surface area contributed by atoms with E-state index >= 15 is 0 Å². The molecule has 2 N–H and O–H groups in total. The van der Waals surface area contributed by atoms with E-state index in [4.69, 9.17) is 0 Å². The first-order chi connectivity index (χ1) is 9.02. The molecule has 2 unspecified atom stereocenters. The van der Waals surface area contributed by atoms with E-state index in [1.165, 1.54) is 0 Å². The highest BCUT2D eigenvalue weighted by Crippen LogP contribution is 2.39. The summed E-state index contributed by atoms with van der Waals surface area (Å²) in [6.07, 6.45) is 6.84. The molecule has 4 heteroatoms. The maximum absolute atomic E-state index is 12.3. The smallest absolute Gasteiger partial charge is 0.240 e. The van der Waals surface area contributed by atoms with Crippen molar-refractivity contribution in [3.8, 4) is 6.07 Å². The summed E-state index contributed by atoms with van der Waals surface area (Å²) >= 11 is 0. The number of aliphatic hydroxyl groups is 1. The Balaban J connectivity index is 1.94. The molecular formula is C15H24N2O2. The van der Waals surface area contributed by atoms with E-state index in [1.807, 2.05) is 6.92 Å². The summed E-state index contributed by atoms with van der Waals surface area (Å²) in [6.45, 7) is 2.52. The second-order valence-electron chi connectivity index (χ2n) is 6.50. The Labute approximate surface area is 115 Å². The van der Waals surface area contributed by atoms with E-state index in [2.05, 4.69) is 11.4 Å². The zero-order chi connectivity index (χ0) is 13.9. The molecule has 0 heterocycles. The Morgan fingerprint density at radius 3 is 2.53 bits per heavy atom. The summed E-state index contributed by atoms with van der Waals surface area (Å²) in [5.74, 6) is -0.133. The lowest BCUT2D eigenvalue weighted by molar-refractivity contribution is -0.129. The molecule has 4 nitrogen and oxygen atoms in total. The minimum atomic E-state index is -0.810. The average molecular weight is 264 g/mol. The lowest BCUT2D eigenvalue weighted by Gasteiger charge is -2.39. The maximum Gasteiger partial charge on any atom is 0.240 e. The van der Waals surface area contributed by atoms with E-state index in [9.17, 15) is 15.2 Å². The quantitative estimate of drug-likeness (QED) is 0.820. The third kappa shape index (κ3) is 2.76. The van der Waals surface area contributed by atoms with E-state index in [0.717, 1.165) is 38.5 Å². The second-order valence-corrected chi connectivity index (χ2v) is 6.50. The highest BCUT2D eigenvalue weighted by atomic mass is 16.3. The van der Waals surface area contributed by atoms with E-state index in [0.29, 0.717) is 19.4 Å². The van der Waals surface area contributed by atoms with Gasteiger partial charge in [-0.3, -0.25) is 4.79 Å². The number of rotatable bonds is 3. The predicted molar refractivity (Wildman–Crippen MR) is 72.1 cm³/mol. The molecule has 2 saturated carbocycles. The molecule has 0 aromatic carbocycles. The first kappa shape index (κ1) is 14.3. The van der Waals surface area contributed by atoms with Crippen molar-refractivity contribution < 1.29 is 9.90 Å². The maximum atomic E-state index is 12.3. The highest BCUT2D eigenvalue weighted by Gasteiger charge is 2.43. The molecule has 2 fully saturated rings. The topological polar surface area (TPSA) is 73.1 Å². The molecule has 106 valence electrons. The third-order valence-corrected chi connectivity index (χ3v) is 5.04. The summed E-state index contributed by atoms with van der Waals surface area (Å²) in [7, 11) is 0. The molecule has 0 aromatic rings. The van der Waals surface area contributed by atoms with E-state index < -0.39 is 5.41 Å². The number of hydrogen-bond acceptors (Lipinski definition) is 3. The normalized spacial score (nSPS) is 33.6. The fraction of sp³-hybridized carbons (Fsp3) is 0.867. The zero-order valence-electron chi connectivity index (χ0n) is 11.7. The third-order valence-electron chi connectivity index (χ3n) is 5.04. The summed E-state index contributed by atoms with van der Waals surface area (Å²) in [6, 6.07) is 2.21. The van der Waals surface area contributed by atoms with E-state index in [-0.39, 0.29) is 17.4 Å². The molecule has 0 radical (unpaired) electrons. The van der Waals surface area contributed by atoms with Gasteiger partial charge in [0.15, 0.2) is 0 Å². The van der Waals surface area contributed by atoms with Gasteiger partial charge < -0.3 is 10.4 Å². The van der Waals surface area contributed by atoms with Crippen molar-refractivity contribution in [3.63, 3.8) is 0 Å². The van der Waals surface area contributed by atoms with Crippen LogP contribution in [0.1, 0.15) is 58.3 Å². The molecular weight excluding hydrogens is 240 g/mol. The fourth-order valence-corrected chi connectivity index (χ4v) is 3.41. The molecule has 0 bridgehead atoms. The van der Waals surface area contributed by atoms with Crippen molar-refractivity contribution in [2.45, 2.75) is 64.4 Å². The number of aliphatic hydroxyl groups excluding tert-OH is 1. The molecule has 2 rings (SSSR count). The van der Waals surface area contributed by atoms with Crippen LogP contribution in [-0.2, 0) is 4.79 Å². The predicted octanol–water partition coefficient (Wildman–Crippen LogP) is 2.13. The Kier molecular flexibility index (Phi) is 4.15. The average Bonchev–Trinajstić information content (AvgIpc) is 2.90. The largest absolute Gasteiger partial charge is 0.392 e. The standard InChI is InChI=1S/C15H24N2O2/c1-14(7-3-2-6-12(14)18)11-17-13(19)15(10-16)8-4-5-9-15/h12,18H,2-9,11H2,1H3,(H,17,19). The van der Waals surface area contributed by atoms with Crippen molar-refractivity contribution in [3.05, 3.63) is 0 Å². The lowest BCUT2D eigenvalue weighted by atomic mass is 9.73. The van der Waals surface area contributed by atoms with Gasteiger partial charge in [0.25, 0.3) is 0 Å². The molecule has 2 aliphatic rings. The van der Waals surface area contributed by atoms with Crippen molar-refractivity contribution in [2.75, 3.05) is 6.54 Å². The van der Waals surface area contributed by atoms with Crippen LogP contribution in [0.3, 0.4) is 0 Å². The molecule has 0 spiro atoms. The van der Waals surface area contributed by atoms with Gasteiger partial charge in [0.05, 0.1) is 12.2 Å². The summed E-state index contributed by atoms with van der Waals surface area (Å²) < 4.78 is 0. The molecule has 0 aromatic heterocycles. The van der Waals surface area contributed by atoms with Crippen LogP contribution in [0.4, 0.5) is 0 Å². The number of nitrogens with one attached hydrogen (secondary N) is 1. The van der Waals surface area contributed by atoms with Crippen molar-refractivity contribution in [1.29, 1.82) is 5.26 Å². The summed E-state index contributed by atoms with van der Waals surface area (Å²) in [5.41, 5.74) is -1.04. The van der Waals surface area contributed by atoms with Gasteiger partial charge in [-0.15, -0.1) is 0 Å². The number of carbonyl (C=O) groups is 1. The molecule has 1 amide bonds. The first-order valence-corrected chi connectivity index (χ1v) is 7.40. The summed E-state index contributed by atoms with van der Waals surface area (Å²) in [4.78, 5) is 12.3. The van der Waals surface area contributed by atoms with Gasteiger partial charge in [0.1, 0.15) is 5.41 Å². The molecule has 0 saturated heterocycles. The SMILES string of the molecule is CC1(CNC(=O)C2(C#N)CCCC2)CCCCC1O. The van der Waals surface area contributed by atoms with Crippen LogP contribution in [0, 0.1) is 22.2 Å². The van der Waals surface area contributed by atoms with Crippen molar-refractivity contribution >= 4 is 5.91 Å². The first-order valence-electron chi connectivity index (χ1n) is 7.40. The Hall–Kier alpha value is -1.08. The molecule has 2 atom stereocenters. The highest BCUT2D eigenvalue weighted by molar-refractivity contribution is 5.85. The molecule has 19 heavy (non-hydrogen) atoms. The summed E-state index contributed by atoms with van der Waals surface area (Å²) in [5, 5.41) is 22.3. The van der Waals surface area contributed by atoms with Gasteiger partial charge in [-0.05, 0) is 25.7 Å². The molecule has 0 aliphatic heterocycles. The monoisotopic (exact) mass is 264 g/mol. The fourth-order valence-electron chi connectivity index (χ4n) is 3.41. The van der Waals surface area contributed by atoms with Crippen molar-refractivity contribution in [1.82, 2.24) is 5.32 Å². The van der Waals surface area contributed by atoms with E-state index in [1.54, 1.807) is 0 Å². The number of hydrogen-bond donors (Lipinski definition) is 2. The number of amides is 1. The minimum absolute atomic E-state index is 0.133. The van der Waals surface area contributed by atoms with Crippen LogP contribution in [0.5, 0.6) is 0 Å². The second kappa shape index (κ2) is 5.50. The van der Waals surface area contributed by atoms with Gasteiger partial charge in [-0.1, -0.05) is 32.6 Å². The Bertz CT molecular complexity index is 382. The number of carbonyl (C=O) groups excluding carboxylic acids is 1. The van der Waals surface area contributed by atoms with Gasteiger partial charge >= 0.3 is 0 Å². The van der Waals surface area contributed by atoms with Gasteiger partial charge in [0.2, 0.25) is 5.91 Å². The lowest BCUT2D eigenvalue weighted by Crippen LogP contribution is -2.48. The Morgan fingerprint density at radius 1 is 1.32 bits per heavy atom. The van der Waals surface area contributed by atoms with Crippen molar-refractivity contribution in [2.24, 2.45) is 10.8 Å². The van der Waals surface area contributed by atoms with Gasteiger partial charge in [-0.25, -0.2) is 0 Å². The van der Waals surface area contributed by atoms with Crippen LogP contribution >= 0.6 is 0 Å². The van der Waals surface area contributed by atoms with Crippen LogP contribution in [0.15, 0.2) is 0 Å². The van der Waals surface area contributed by atoms with Crippen LogP contribution < -0.4 is 5.32 Å². The van der Waals surface area contributed by atoms with Gasteiger partial charge in [0, 0.05) is 12.0 Å². The van der Waals surface area contributed by atoms with Crippen LogP contribution in [-0.4, -0.2) is 23.7 Å². The number of nitriles is 1. The van der Waals surface area contributed by atoms with Crippen LogP contribution in [0.25, 0.3) is 0 Å². The Morgan fingerprint density at radius 2 is 1.95 bits per heavy atom. The number of nitrogens with zero attached hydrogens (tertiary/aromatic N) is 1. The zero-order valence-corrected chi connectivity index (χ0v) is 11.7. The molecule has 2 aliphatic carbocycles. The van der Waals surface area contributed by atoms with Gasteiger partial charge in [-0.2, -0.15) is 5.26 Å². The van der Waals surface area contributed by atoms with Crippen LogP contribution in [0.2, 0.25) is 0 Å².